The van der Waals surface area contributed by atoms with Crippen molar-refractivity contribution in [3.05, 3.63) is 12.4 Å². The lowest BCUT2D eigenvalue weighted by Gasteiger charge is -2.18. The van der Waals surface area contributed by atoms with Crippen molar-refractivity contribution < 1.29 is 4.74 Å². The molecule has 1 saturated carbocycles. The van der Waals surface area contributed by atoms with Gasteiger partial charge in [0.15, 0.2) is 5.82 Å². The Morgan fingerprint density at radius 3 is 3.00 bits per heavy atom. The number of rotatable bonds is 8. The first-order valence-corrected chi connectivity index (χ1v) is 6.69. The number of ether oxygens (including phenoxy) is 1. The Morgan fingerprint density at radius 2 is 2.28 bits per heavy atom. The number of anilines is 1. The summed E-state index contributed by atoms with van der Waals surface area (Å²) in [6, 6.07) is 0.753. The van der Waals surface area contributed by atoms with Gasteiger partial charge in [-0.3, -0.25) is 4.98 Å². The summed E-state index contributed by atoms with van der Waals surface area (Å²) in [5.41, 5.74) is 0. The second-order valence-electron chi connectivity index (χ2n) is 4.71. The number of hydrogen-bond donors (Lipinski definition) is 1. The third kappa shape index (κ3) is 4.14. The molecule has 0 amide bonds. The van der Waals surface area contributed by atoms with Crippen LogP contribution in [0.25, 0.3) is 0 Å². The number of nitrogens with zero attached hydrogens (tertiary/aromatic N) is 3. The molecule has 1 N–H and O–H groups in total. The maximum Gasteiger partial charge on any atom is 0.234 e. The molecule has 1 aromatic rings. The van der Waals surface area contributed by atoms with E-state index in [4.69, 9.17) is 4.74 Å². The van der Waals surface area contributed by atoms with Crippen molar-refractivity contribution in [2.24, 2.45) is 0 Å². The van der Waals surface area contributed by atoms with Crippen LogP contribution in [0.2, 0.25) is 0 Å². The monoisotopic (exact) mass is 250 g/mol. The molecule has 0 radical (unpaired) electrons. The zero-order chi connectivity index (χ0) is 12.8. The molecule has 100 valence electrons. The summed E-state index contributed by atoms with van der Waals surface area (Å²) in [5, 5.41) is 3.49. The molecular formula is C13H22N4O. The molecule has 0 aliphatic heterocycles. The standard InChI is InChI=1S/C13H22N4O/c1-3-8-18-13-10-14-9-12(16-13)17(2)7-6-15-11-4-5-11/h9-11,15H,3-8H2,1-2H3. The van der Waals surface area contributed by atoms with Gasteiger partial charge in [0.1, 0.15) is 0 Å². The zero-order valence-electron chi connectivity index (χ0n) is 11.2. The molecule has 0 aromatic carbocycles. The van der Waals surface area contributed by atoms with Crippen molar-refractivity contribution in [2.75, 3.05) is 31.6 Å². The lowest BCUT2D eigenvalue weighted by Crippen LogP contribution is -2.30. The Kier molecular flexibility index (Phi) is 4.75. The van der Waals surface area contributed by atoms with Gasteiger partial charge in [-0.25, -0.2) is 0 Å². The molecule has 1 aliphatic carbocycles. The van der Waals surface area contributed by atoms with Crippen LogP contribution in [0, 0.1) is 0 Å². The van der Waals surface area contributed by atoms with Gasteiger partial charge in [0, 0.05) is 26.2 Å². The van der Waals surface area contributed by atoms with Gasteiger partial charge in [0.2, 0.25) is 5.88 Å². The number of likely N-dealkylation sites (N-methyl/N-ethyl adjacent to an activating group) is 1. The lowest BCUT2D eigenvalue weighted by atomic mass is 10.5. The molecule has 5 nitrogen and oxygen atoms in total. The van der Waals surface area contributed by atoms with Crippen LogP contribution in [0.15, 0.2) is 12.4 Å². The van der Waals surface area contributed by atoms with Gasteiger partial charge in [0.05, 0.1) is 19.0 Å². The molecule has 0 unspecified atom stereocenters. The number of aromatic nitrogens is 2. The van der Waals surface area contributed by atoms with Crippen LogP contribution in [0.3, 0.4) is 0 Å². The summed E-state index contributed by atoms with van der Waals surface area (Å²) in [4.78, 5) is 10.7. The summed E-state index contributed by atoms with van der Waals surface area (Å²) in [7, 11) is 2.03. The van der Waals surface area contributed by atoms with E-state index in [1.54, 1.807) is 12.4 Å². The van der Waals surface area contributed by atoms with Gasteiger partial charge in [0.25, 0.3) is 0 Å². The van der Waals surface area contributed by atoms with Gasteiger partial charge in [-0.2, -0.15) is 4.98 Å². The van der Waals surface area contributed by atoms with Crippen molar-refractivity contribution in [1.82, 2.24) is 15.3 Å². The minimum atomic E-state index is 0.608. The molecule has 1 aliphatic rings. The predicted octanol–water partition coefficient (Wildman–Crippen LogP) is 1.45. The van der Waals surface area contributed by atoms with Crippen molar-refractivity contribution in [3.8, 4) is 5.88 Å². The Balaban J connectivity index is 1.81. The van der Waals surface area contributed by atoms with Gasteiger partial charge in [-0.15, -0.1) is 0 Å². The number of hydrogen-bond acceptors (Lipinski definition) is 5. The van der Waals surface area contributed by atoms with E-state index in [1.807, 2.05) is 7.05 Å². The normalized spacial score (nSPS) is 14.6. The van der Waals surface area contributed by atoms with E-state index in [0.717, 1.165) is 31.4 Å². The van der Waals surface area contributed by atoms with E-state index in [2.05, 4.69) is 27.1 Å². The van der Waals surface area contributed by atoms with E-state index in [0.29, 0.717) is 12.5 Å². The first kappa shape index (κ1) is 13.1. The van der Waals surface area contributed by atoms with Crippen LogP contribution in [0.1, 0.15) is 26.2 Å². The number of nitrogens with one attached hydrogen (secondary N) is 1. The minimum Gasteiger partial charge on any atom is -0.477 e. The van der Waals surface area contributed by atoms with Crippen molar-refractivity contribution >= 4 is 5.82 Å². The van der Waals surface area contributed by atoms with E-state index in [-0.39, 0.29) is 0 Å². The molecule has 2 rings (SSSR count). The van der Waals surface area contributed by atoms with Gasteiger partial charge in [-0.05, 0) is 19.3 Å². The van der Waals surface area contributed by atoms with E-state index >= 15 is 0 Å². The van der Waals surface area contributed by atoms with E-state index in [9.17, 15) is 0 Å². The molecule has 1 heterocycles. The molecule has 0 atom stereocenters. The summed E-state index contributed by atoms with van der Waals surface area (Å²) in [6.45, 7) is 4.68. The second-order valence-corrected chi connectivity index (χ2v) is 4.71. The van der Waals surface area contributed by atoms with E-state index < -0.39 is 0 Å². The summed E-state index contributed by atoms with van der Waals surface area (Å²) in [5.74, 6) is 1.47. The highest BCUT2D eigenvalue weighted by Crippen LogP contribution is 2.18. The summed E-state index contributed by atoms with van der Waals surface area (Å²) >= 11 is 0. The molecule has 18 heavy (non-hydrogen) atoms. The van der Waals surface area contributed by atoms with Crippen LogP contribution < -0.4 is 15.0 Å². The maximum absolute atomic E-state index is 5.48. The lowest BCUT2D eigenvalue weighted by molar-refractivity contribution is 0.304. The van der Waals surface area contributed by atoms with E-state index in [1.165, 1.54) is 12.8 Å². The Bertz CT molecular complexity index is 368. The third-order valence-corrected chi connectivity index (χ3v) is 2.90. The highest BCUT2D eigenvalue weighted by Gasteiger charge is 2.19. The average Bonchev–Trinajstić information content (AvgIpc) is 3.20. The molecule has 1 fully saturated rings. The average molecular weight is 250 g/mol. The van der Waals surface area contributed by atoms with Crippen LogP contribution in [-0.4, -0.2) is 42.8 Å². The Morgan fingerprint density at radius 1 is 1.44 bits per heavy atom. The SMILES string of the molecule is CCCOc1cncc(N(C)CCNC2CC2)n1. The predicted molar refractivity (Wildman–Crippen MR) is 72.1 cm³/mol. The van der Waals surface area contributed by atoms with Gasteiger partial charge in [-0.1, -0.05) is 6.92 Å². The zero-order valence-corrected chi connectivity index (χ0v) is 11.2. The Labute approximate surface area is 109 Å². The topological polar surface area (TPSA) is 50.3 Å². The second kappa shape index (κ2) is 6.54. The smallest absolute Gasteiger partial charge is 0.234 e. The summed E-state index contributed by atoms with van der Waals surface area (Å²) < 4.78 is 5.48. The van der Waals surface area contributed by atoms with Crippen LogP contribution in [-0.2, 0) is 0 Å². The van der Waals surface area contributed by atoms with Crippen molar-refractivity contribution in [2.45, 2.75) is 32.2 Å². The van der Waals surface area contributed by atoms with Crippen molar-refractivity contribution in [3.63, 3.8) is 0 Å². The molecule has 0 saturated heterocycles. The summed E-state index contributed by atoms with van der Waals surface area (Å²) in [6.07, 6.45) is 7.06. The minimum absolute atomic E-state index is 0.608. The van der Waals surface area contributed by atoms with Crippen LogP contribution in [0.4, 0.5) is 5.82 Å². The van der Waals surface area contributed by atoms with Gasteiger partial charge >= 0.3 is 0 Å². The maximum atomic E-state index is 5.48. The first-order valence-electron chi connectivity index (χ1n) is 6.69. The molecule has 0 spiro atoms. The Hall–Kier alpha value is -1.36. The third-order valence-electron chi connectivity index (χ3n) is 2.90. The molecule has 0 bridgehead atoms. The largest absolute Gasteiger partial charge is 0.477 e. The fraction of sp³-hybridized carbons (Fsp3) is 0.692. The van der Waals surface area contributed by atoms with Crippen LogP contribution >= 0.6 is 0 Å². The molecular weight excluding hydrogens is 228 g/mol. The van der Waals surface area contributed by atoms with Gasteiger partial charge < -0.3 is 15.0 Å². The fourth-order valence-electron chi connectivity index (χ4n) is 1.64. The molecule has 1 aromatic heterocycles. The van der Waals surface area contributed by atoms with Crippen LogP contribution in [0.5, 0.6) is 5.88 Å². The quantitative estimate of drug-likeness (QED) is 0.757. The highest BCUT2D eigenvalue weighted by molar-refractivity contribution is 5.36. The molecule has 5 heteroatoms. The van der Waals surface area contributed by atoms with Crippen molar-refractivity contribution in [1.29, 1.82) is 0 Å². The highest BCUT2D eigenvalue weighted by atomic mass is 16.5. The fourth-order valence-corrected chi connectivity index (χ4v) is 1.64. The first-order chi connectivity index (χ1) is 8.79.